The summed E-state index contributed by atoms with van der Waals surface area (Å²) in [6.07, 6.45) is 4.98. The fourth-order valence-corrected chi connectivity index (χ4v) is 4.90. The Kier molecular flexibility index (Phi) is 5.68. The zero-order valence-electron chi connectivity index (χ0n) is 16.2. The standard InChI is InChI=1S/C20H21N5O2S2/c1-12-17(29-13(2)23-12)19(27)25-8-5-14(6-9-25)16-4-3-15(11-22-16)18(26)24-20-21-7-10-28-20/h3-4,7,10-11,14H,5-6,8-9H2,1-2H3,(H,21,24,26). The first-order chi connectivity index (χ1) is 14.0. The molecule has 0 aromatic carbocycles. The van der Waals surface area contributed by atoms with Crippen LogP contribution in [0.5, 0.6) is 0 Å². The molecule has 0 radical (unpaired) electrons. The summed E-state index contributed by atoms with van der Waals surface area (Å²) in [5.74, 6) is 0.155. The molecule has 0 bridgehead atoms. The van der Waals surface area contributed by atoms with Crippen molar-refractivity contribution in [3.05, 3.63) is 56.7 Å². The van der Waals surface area contributed by atoms with Gasteiger partial charge in [-0.2, -0.15) is 0 Å². The van der Waals surface area contributed by atoms with E-state index in [0.717, 1.165) is 34.1 Å². The molecule has 150 valence electrons. The van der Waals surface area contributed by atoms with E-state index in [9.17, 15) is 9.59 Å². The molecular formula is C20H21N5O2S2. The number of aryl methyl sites for hydroxylation is 2. The van der Waals surface area contributed by atoms with Gasteiger partial charge >= 0.3 is 0 Å². The fourth-order valence-electron chi connectivity index (χ4n) is 3.49. The van der Waals surface area contributed by atoms with Crippen molar-refractivity contribution in [2.75, 3.05) is 18.4 Å². The molecule has 1 aliphatic rings. The van der Waals surface area contributed by atoms with E-state index >= 15 is 0 Å². The molecule has 9 heteroatoms. The number of thiazole rings is 2. The van der Waals surface area contributed by atoms with Crippen LogP contribution in [0.4, 0.5) is 5.13 Å². The monoisotopic (exact) mass is 427 g/mol. The number of likely N-dealkylation sites (tertiary alicyclic amines) is 1. The molecule has 3 aromatic heterocycles. The van der Waals surface area contributed by atoms with Crippen LogP contribution in [0.2, 0.25) is 0 Å². The van der Waals surface area contributed by atoms with Crippen molar-refractivity contribution in [1.29, 1.82) is 0 Å². The minimum Gasteiger partial charge on any atom is -0.338 e. The van der Waals surface area contributed by atoms with Gasteiger partial charge in [0.15, 0.2) is 5.13 Å². The maximum absolute atomic E-state index is 12.8. The van der Waals surface area contributed by atoms with Crippen molar-refractivity contribution in [3.63, 3.8) is 0 Å². The van der Waals surface area contributed by atoms with Crippen LogP contribution in [0.25, 0.3) is 0 Å². The Morgan fingerprint density at radius 3 is 2.55 bits per heavy atom. The molecule has 29 heavy (non-hydrogen) atoms. The fraction of sp³-hybridized carbons (Fsp3) is 0.350. The SMILES string of the molecule is Cc1nc(C)c(C(=O)N2CCC(c3ccc(C(=O)Nc4nccs4)cn3)CC2)s1. The molecular weight excluding hydrogens is 406 g/mol. The highest BCUT2D eigenvalue weighted by Crippen LogP contribution is 2.29. The van der Waals surface area contributed by atoms with Crippen molar-refractivity contribution < 1.29 is 9.59 Å². The molecule has 1 N–H and O–H groups in total. The molecule has 0 unspecified atom stereocenters. The second-order valence-corrected chi connectivity index (χ2v) is 9.07. The second-order valence-electron chi connectivity index (χ2n) is 6.98. The van der Waals surface area contributed by atoms with Gasteiger partial charge in [-0.15, -0.1) is 22.7 Å². The minimum atomic E-state index is -0.213. The van der Waals surface area contributed by atoms with Crippen molar-refractivity contribution in [2.45, 2.75) is 32.6 Å². The normalized spacial score (nSPS) is 14.8. The lowest BCUT2D eigenvalue weighted by Crippen LogP contribution is -2.38. The number of amides is 2. The Balaban J connectivity index is 1.35. The van der Waals surface area contributed by atoms with E-state index in [-0.39, 0.29) is 11.8 Å². The largest absolute Gasteiger partial charge is 0.338 e. The van der Waals surface area contributed by atoms with E-state index in [2.05, 4.69) is 20.3 Å². The highest BCUT2D eigenvalue weighted by Gasteiger charge is 2.27. The molecule has 0 saturated carbocycles. The maximum atomic E-state index is 12.8. The van der Waals surface area contributed by atoms with E-state index in [4.69, 9.17) is 0 Å². The third-order valence-corrected chi connectivity index (χ3v) is 6.75. The molecule has 0 atom stereocenters. The molecule has 1 fully saturated rings. The highest BCUT2D eigenvalue weighted by atomic mass is 32.1. The third-order valence-electron chi connectivity index (χ3n) is 5.00. The molecule has 3 aromatic rings. The number of hydrogen-bond donors (Lipinski definition) is 1. The average Bonchev–Trinajstić information content (AvgIpc) is 3.36. The zero-order valence-corrected chi connectivity index (χ0v) is 17.8. The summed E-state index contributed by atoms with van der Waals surface area (Å²) in [5, 5.41) is 6.06. The third kappa shape index (κ3) is 4.35. The van der Waals surface area contributed by atoms with Gasteiger partial charge in [0.1, 0.15) is 4.88 Å². The molecule has 0 spiro atoms. The minimum absolute atomic E-state index is 0.0775. The number of carbonyl (C=O) groups excluding carboxylic acids is 2. The van der Waals surface area contributed by atoms with Crippen molar-refractivity contribution in [1.82, 2.24) is 19.9 Å². The molecule has 2 amide bonds. The summed E-state index contributed by atoms with van der Waals surface area (Å²) in [6, 6.07) is 3.71. The number of piperidine rings is 1. The predicted octanol–water partition coefficient (Wildman–Crippen LogP) is 3.88. The van der Waals surface area contributed by atoms with Gasteiger partial charge in [0, 0.05) is 42.5 Å². The van der Waals surface area contributed by atoms with Gasteiger partial charge in [0.2, 0.25) is 0 Å². The Bertz CT molecular complexity index is 1010. The first kappa shape index (κ1) is 19.7. The van der Waals surface area contributed by atoms with Gasteiger partial charge in [-0.05, 0) is 38.8 Å². The second kappa shape index (κ2) is 8.38. The van der Waals surface area contributed by atoms with E-state index in [0.29, 0.717) is 29.7 Å². The molecule has 1 saturated heterocycles. The van der Waals surface area contributed by atoms with Crippen molar-refractivity contribution in [2.24, 2.45) is 0 Å². The summed E-state index contributed by atoms with van der Waals surface area (Å²) in [5.41, 5.74) is 2.29. The smallest absolute Gasteiger partial charge is 0.265 e. The molecule has 0 aliphatic carbocycles. The van der Waals surface area contributed by atoms with Gasteiger partial charge in [-0.3, -0.25) is 19.9 Å². The lowest BCUT2D eigenvalue weighted by Gasteiger charge is -2.31. The predicted molar refractivity (Wildman–Crippen MR) is 114 cm³/mol. The summed E-state index contributed by atoms with van der Waals surface area (Å²) in [4.78, 5) is 40.6. The van der Waals surface area contributed by atoms with Gasteiger partial charge in [0.25, 0.3) is 11.8 Å². The number of rotatable bonds is 4. The van der Waals surface area contributed by atoms with Crippen molar-refractivity contribution >= 4 is 39.6 Å². The lowest BCUT2D eigenvalue weighted by atomic mass is 9.92. The average molecular weight is 428 g/mol. The van der Waals surface area contributed by atoms with Gasteiger partial charge in [0.05, 0.1) is 16.3 Å². The first-order valence-corrected chi connectivity index (χ1v) is 11.1. The first-order valence-electron chi connectivity index (χ1n) is 9.41. The summed E-state index contributed by atoms with van der Waals surface area (Å²) < 4.78 is 0. The summed E-state index contributed by atoms with van der Waals surface area (Å²) in [7, 11) is 0. The number of aromatic nitrogens is 3. The zero-order chi connectivity index (χ0) is 20.4. The number of nitrogens with zero attached hydrogens (tertiary/aromatic N) is 4. The Morgan fingerprint density at radius 1 is 1.17 bits per heavy atom. The van der Waals surface area contributed by atoms with Gasteiger partial charge in [-0.1, -0.05) is 0 Å². The van der Waals surface area contributed by atoms with Gasteiger partial charge < -0.3 is 4.90 Å². The van der Waals surface area contributed by atoms with Crippen LogP contribution in [0.1, 0.15) is 55.2 Å². The quantitative estimate of drug-likeness (QED) is 0.683. The topological polar surface area (TPSA) is 88.1 Å². The Morgan fingerprint density at radius 2 is 1.97 bits per heavy atom. The van der Waals surface area contributed by atoms with E-state index in [1.807, 2.05) is 30.2 Å². The van der Waals surface area contributed by atoms with E-state index in [1.165, 1.54) is 22.7 Å². The molecule has 4 rings (SSSR count). The number of pyridine rings is 1. The molecule has 1 aliphatic heterocycles. The summed E-state index contributed by atoms with van der Waals surface area (Å²) >= 11 is 2.84. The molecule has 4 heterocycles. The Hall–Kier alpha value is -2.65. The van der Waals surface area contributed by atoms with Crippen LogP contribution < -0.4 is 5.32 Å². The summed E-state index contributed by atoms with van der Waals surface area (Å²) in [6.45, 7) is 5.22. The van der Waals surface area contributed by atoms with Crippen LogP contribution in [-0.4, -0.2) is 44.8 Å². The van der Waals surface area contributed by atoms with Crippen molar-refractivity contribution in [3.8, 4) is 0 Å². The van der Waals surface area contributed by atoms with Crippen LogP contribution in [0.15, 0.2) is 29.9 Å². The molecule has 7 nitrogen and oxygen atoms in total. The lowest BCUT2D eigenvalue weighted by molar-refractivity contribution is 0.0715. The number of nitrogens with one attached hydrogen (secondary N) is 1. The number of carbonyl (C=O) groups is 2. The van der Waals surface area contributed by atoms with Crippen LogP contribution in [-0.2, 0) is 0 Å². The number of hydrogen-bond acceptors (Lipinski definition) is 7. The Labute approximate surface area is 176 Å². The highest BCUT2D eigenvalue weighted by molar-refractivity contribution is 7.14. The van der Waals surface area contributed by atoms with E-state index in [1.54, 1.807) is 18.5 Å². The van der Waals surface area contributed by atoms with Gasteiger partial charge in [-0.25, -0.2) is 9.97 Å². The van der Waals surface area contributed by atoms with Crippen LogP contribution >= 0.6 is 22.7 Å². The van der Waals surface area contributed by atoms with E-state index < -0.39 is 0 Å². The van der Waals surface area contributed by atoms with Crippen LogP contribution in [0.3, 0.4) is 0 Å². The van der Waals surface area contributed by atoms with Crippen LogP contribution in [0, 0.1) is 13.8 Å². The maximum Gasteiger partial charge on any atom is 0.265 e. The number of anilines is 1.